The number of nitrogens with one attached hydrogen (secondary N) is 1. The molecule has 0 spiro atoms. The second-order valence-corrected chi connectivity index (χ2v) is 3.89. The Labute approximate surface area is 83.2 Å². The van der Waals surface area contributed by atoms with Gasteiger partial charge < -0.3 is 16.2 Å². The quantitative estimate of drug-likeness (QED) is 0.669. The molecule has 14 heavy (non-hydrogen) atoms. The fraction of sp³-hybridized carbons (Fsp3) is 0.500. The van der Waals surface area contributed by atoms with Crippen molar-refractivity contribution in [3.63, 3.8) is 0 Å². The average molecular weight is 193 g/mol. The number of rotatable bonds is 3. The largest absolute Gasteiger partial charge is 0.397 e. The van der Waals surface area contributed by atoms with Crippen molar-refractivity contribution in [2.24, 2.45) is 0 Å². The van der Waals surface area contributed by atoms with Crippen LogP contribution in [0.1, 0.15) is 19.3 Å². The lowest BCUT2D eigenvalue weighted by molar-refractivity contribution is -0.0201. The van der Waals surface area contributed by atoms with Gasteiger partial charge in [-0.05, 0) is 25.3 Å². The van der Waals surface area contributed by atoms with Crippen LogP contribution in [0.25, 0.3) is 0 Å². The maximum Gasteiger partial charge on any atom is 0.0819 e. The van der Waals surface area contributed by atoms with Gasteiger partial charge in [0.05, 0.1) is 23.2 Å². The van der Waals surface area contributed by atoms with E-state index in [1.54, 1.807) is 18.5 Å². The van der Waals surface area contributed by atoms with Crippen LogP contribution in [0.4, 0.5) is 11.4 Å². The Kier molecular flexibility index (Phi) is 2.29. The van der Waals surface area contributed by atoms with Gasteiger partial charge in [-0.1, -0.05) is 0 Å². The molecule has 1 heterocycles. The first-order chi connectivity index (χ1) is 6.70. The highest BCUT2D eigenvalue weighted by molar-refractivity contribution is 5.64. The number of hydrogen-bond acceptors (Lipinski definition) is 4. The van der Waals surface area contributed by atoms with Gasteiger partial charge in [-0.3, -0.25) is 4.98 Å². The number of nitrogens with two attached hydrogens (primary N) is 1. The van der Waals surface area contributed by atoms with Crippen LogP contribution in [0.3, 0.4) is 0 Å². The Hall–Kier alpha value is -1.29. The predicted molar refractivity (Wildman–Crippen MR) is 55.9 cm³/mol. The SMILES string of the molecule is Nc1ccncc1NCC1(O)CCC1. The molecular formula is C10H15N3O. The maximum atomic E-state index is 9.84. The summed E-state index contributed by atoms with van der Waals surface area (Å²) in [6.07, 6.45) is 6.19. The Morgan fingerprint density at radius 2 is 2.36 bits per heavy atom. The van der Waals surface area contributed by atoms with E-state index in [9.17, 15) is 5.11 Å². The van der Waals surface area contributed by atoms with Gasteiger partial charge in [0.15, 0.2) is 0 Å². The second kappa shape index (κ2) is 3.46. The first kappa shape index (κ1) is 9.27. The fourth-order valence-corrected chi connectivity index (χ4v) is 1.57. The van der Waals surface area contributed by atoms with Crippen LogP contribution < -0.4 is 11.1 Å². The van der Waals surface area contributed by atoms with Gasteiger partial charge >= 0.3 is 0 Å². The summed E-state index contributed by atoms with van der Waals surface area (Å²) in [5, 5.41) is 13.0. The summed E-state index contributed by atoms with van der Waals surface area (Å²) in [5.41, 5.74) is 6.67. The van der Waals surface area contributed by atoms with Crippen molar-refractivity contribution >= 4 is 11.4 Å². The van der Waals surface area contributed by atoms with Crippen molar-refractivity contribution in [1.82, 2.24) is 4.98 Å². The number of aliphatic hydroxyl groups is 1. The van der Waals surface area contributed by atoms with Crippen molar-refractivity contribution in [1.29, 1.82) is 0 Å². The molecule has 0 unspecified atom stereocenters. The highest BCUT2D eigenvalue weighted by atomic mass is 16.3. The minimum atomic E-state index is -0.526. The molecule has 0 atom stereocenters. The van der Waals surface area contributed by atoms with Gasteiger partial charge in [-0.25, -0.2) is 0 Å². The first-order valence-corrected chi connectivity index (χ1v) is 4.85. The summed E-state index contributed by atoms with van der Waals surface area (Å²) in [6, 6.07) is 1.74. The van der Waals surface area contributed by atoms with Crippen molar-refractivity contribution in [3.8, 4) is 0 Å². The van der Waals surface area contributed by atoms with Gasteiger partial charge in [0.25, 0.3) is 0 Å². The number of pyridine rings is 1. The Morgan fingerprint density at radius 3 is 2.93 bits per heavy atom. The van der Waals surface area contributed by atoms with Crippen molar-refractivity contribution in [2.45, 2.75) is 24.9 Å². The van der Waals surface area contributed by atoms with E-state index < -0.39 is 5.60 Å². The first-order valence-electron chi connectivity index (χ1n) is 4.85. The molecule has 1 aliphatic rings. The summed E-state index contributed by atoms with van der Waals surface area (Å²) >= 11 is 0. The van der Waals surface area contributed by atoms with Crippen LogP contribution in [0.5, 0.6) is 0 Å². The lowest BCUT2D eigenvalue weighted by Gasteiger charge is -2.36. The molecule has 1 aromatic rings. The van der Waals surface area contributed by atoms with Crippen LogP contribution >= 0.6 is 0 Å². The molecule has 1 aliphatic carbocycles. The van der Waals surface area contributed by atoms with Crippen LogP contribution in [-0.4, -0.2) is 22.2 Å². The topological polar surface area (TPSA) is 71.2 Å². The summed E-state index contributed by atoms with van der Waals surface area (Å²) < 4.78 is 0. The minimum Gasteiger partial charge on any atom is -0.397 e. The maximum absolute atomic E-state index is 9.84. The Bertz CT molecular complexity index is 323. The number of nitrogens with zero attached hydrogens (tertiary/aromatic N) is 1. The molecule has 0 amide bonds. The second-order valence-electron chi connectivity index (χ2n) is 3.89. The van der Waals surface area contributed by atoms with E-state index in [4.69, 9.17) is 5.73 Å². The van der Waals surface area contributed by atoms with Gasteiger partial charge in [0.2, 0.25) is 0 Å². The molecule has 0 radical (unpaired) electrons. The van der Waals surface area contributed by atoms with E-state index in [-0.39, 0.29) is 0 Å². The van der Waals surface area contributed by atoms with Crippen LogP contribution in [0.2, 0.25) is 0 Å². The molecule has 2 rings (SSSR count). The molecule has 0 saturated heterocycles. The lowest BCUT2D eigenvalue weighted by atomic mass is 9.80. The summed E-state index contributed by atoms with van der Waals surface area (Å²) in [7, 11) is 0. The molecule has 1 fully saturated rings. The minimum absolute atomic E-state index is 0.526. The number of anilines is 2. The summed E-state index contributed by atoms with van der Waals surface area (Å²) in [5.74, 6) is 0. The molecule has 0 bridgehead atoms. The third kappa shape index (κ3) is 1.80. The number of hydrogen-bond donors (Lipinski definition) is 3. The van der Waals surface area contributed by atoms with E-state index in [0.717, 1.165) is 24.9 Å². The molecule has 4 nitrogen and oxygen atoms in total. The standard InChI is InChI=1S/C10H15N3O/c11-8-2-5-12-6-9(8)13-7-10(14)3-1-4-10/h2,5-6,13-14H,1,3-4,7H2,(H2,11,12). The number of nitrogen functional groups attached to an aromatic ring is 1. The highest BCUT2D eigenvalue weighted by Crippen LogP contribution is 2.32. The van der Waals surface area contributed by atoms with Gasteiger partial charge in [0.1, 0.15) is 0 Å². The predicted octanol–water partition coefficient (Wildman–Crippen LogP) is 0.991. The highest BCUT2D eigenvalue weighted by Gasteiger charge is 2.33. The van der Waals surface area contributed by atoms with Crippen molar-refractivity contribution in [3.05, 3.63) is 18.5 Å². The van der Waals surface area contributed by atoms with Crippen molar-refractivity contribution in [2.75, 3.05) is 17.6 Å². The molecule has 76 valence electrons. The van der Waals surface area contributed by atoms with Crippen LogP contribution in [0.15, 0.2) is 18.5 Å². The van der Waals surface area contributed by atoms with Gasteiger partial charge in [0, 0.05) is 12.7 Å². The third-order valence-corrected chi connectivity index (χ3v) is 2.75. The average Bonchev–Trinajstić information content (AvgIpc) is 2.14. The molecular weight excluding hydrogens is 178 g/mol. The Balaban J connectivity index is 1.95. The zero-order valence-electron chi connectivity index (χ0n) is 8.03. The van der Waals surface area contributed by atoms with Gasteiger partial charge in [-0.2, -0.15) is 0 Å². The monoisotopic (exact) mass is 193 g/mol. The van der Waals surface area contributed by atoms with Crippen molar-refractivity contribution < 1.29 is 5.11 Å². The lowest BCUT2D eigenvalue weighted by Crippen LogP contribution is -2.43. The van der Waals surface area contributed by atoms with E-state index in [1.165, 1.54) is 0 Å². The van der Waals surface area contributed by atoms with E-state index in [0.29, 0.717) is 12.2 Å². The normalized spacial score (nSPS) is 18.6. The zero-order chi connectivity index (χ0) is 10.0. The smallest absolute Gasteiger partial charge is 0.0819 e. The fourth-order valence-electron chi connectivity index (χ4n) is 1.57. The molecule has 0 aliphatic heterocycles. The Morgan fingerprint density at radius 1 is 1.57 bits per heavy atom. The number of aromatic nitrogens is 1. The van der Waals surface area contributed by atoms with Gasteiger partial charge in [-0.15, -0.1) is 0 Å². The molecule has 1 saturated carbocycles. The summed E-state index contributed by atoms with van der Waals surface area (Å²) in [4.78, 5) is 3.97. The summed E-state index contributed by atoms with van der Waals surface area (Å²) in [6.45, 7) is 0.558. The molecule has 4 heteroatoms. The van der Waals surface area contributed by atoms with E-state index in [1.807, 2.05) is 0 Å². The molecule has 1 aromatic heterocycles. The zero-order valence-corrected chi connectivity index (χ0v) is 8.03. The van der Waals surface area contributed by atoms with E-state index >= 15 is 0 Å². The molecule has 0 aromatic carbocycles. The third-order valence-electron chi connectivity index (χ3n) is 2.75. The van der Waals surface area contributed by atoms with Crippen LogP contribution in [-0.2, 0) is 0 Å². The van der Waals surface area contributed by atoms with Crippen LogP contribution in [0, 0.1) is 0 Å². The molecule has 4 N–H and O–H groups in total. The van der Waals surface area contributed by atoms with E-state index in [2.05, 4.69) is 10.3 Å².